The van der Waals surface area contributed by atoms with Gasteiger partial charge in [-0.3, -0.25) is 30.6 Å². The van der Waals surface area contributed by atoms with Crippen LogP contribution in [0.1, 0.15) is 15.9 Å². The number of hydrogen-bond donors (Lipinski definition) is 3. The van der Waals surface area contributed by atoms with Gasteiger partial charge in [0, 0.05) is 18.7 Å². The average Bonchev–Trinajstić information content (AvgIpc) is 2.64. The molecule has 0 saturated heterocycles. The van der Waals surface area contributed by atoms with E-state index in [1.165, 1.54) is 19.2 Å². The molecule has 0 aromatic heterocycles. The Kier molecular flexibility index (Phi) is 6.10. The maximum absolute atomic E-state index is 12.0. The van der Waals surface area contributed by atoms with Crippen molar-refractivity contribution < 1.29 is 19.2 Å². The van der Waals surface area contributed by atoms with Crippen molar-refractivity contribution in [1.82, 2.24) is 10.9 Å². The van der Waals surface area contributed by atoms with Crippen LogP contribution in [0.2, 0.25) is 0 Å². The monoisotopic (exact) mass is 358 g/mol. The molecule has 0 saturated carbocycles. The fourth-order valence-corrected chi connectivity index (χ4v) is 2.13. The van der Waals surface area contributed by atoms with Gasteiger partial charge in [-0.15, -0.1) is 0 Å². The first kappa shape index (κ1) is 18.7. The Morgan fingerprint density at radius 1 is 1.15 bits per heavy atom. The molecule has 9 nitrogen and oxygen atoms in total. The van der Waals surface area contributed by atoms with Crippen molar-refractivity contribution in [3.63, 3.8) is 0 Å². The Morgan fingerprint density at radius 3 is 2.54 bits per heavy atom. The molecule has 2 aromatic carbocycles. The van der Waals surface area contributed by atoms with E-state index in [0.717, 1.165) is 11.6 Å². The normalized spacial score (nSPS) is 9.92. The number of nitrogens with one attached hydrogen (secondary N) is 3. The fourth-order valence-electron chi connectivity index (χ4n) is 2.13. The van der Waals surface area contributed by atoms with Crippen LogP contribution in [0.15, 0.2) is 42.5 Å². The average molecular weight is 358 g/mol. The van der Waals surface area contributed by atoms with Crippen LogP contribution in [0, 0.1) is 17.0 Å². The van der Waals surface area contributed by atoms with Gasteiger partial charge in [-0.1, -0.05) is 18.2 Å². The largest absolute Gasteiger partial charge is 0.483 e. The van der Waals surface area contributed by atoms with Crippen molar-refractivity contribution in [2.45, 2.75) is 6.92 Å². The van der Waals surface area contributed by atoms with E-state index >= 15 is 0 Å². The molecule has 0 fully saturated rings. The van der Waals surface area contributed by atoms with Gasteiger partial charge in [0.2, 0.25) is 0 Å². The lowest BCUT2D eigenvalue weighted by Gasteiger charge is -2.10. The molecule has 2 rings (SSSR count). The lowest BCUT2D eigenvalue weighted by Crippen LogP contribution is -2.43. The van der Waals surface area contributed by atoms with Crippen LogP contribution < -0.4 is 20.9 Å². The first-order valence-electron chi connectivity index (χ1n) is 7.66. The van der Waals surface area contributed by atoms with Crippen LogP contribution in [0.3, 0.4) is 0 Å². The second-order valence-electron chi connectivity index (χ2n) is 5.30. The molecule has 2 aromatic rings. The SMILES string of the molecule is CNc1ccc(C(=O)NNC(=O)COc2ccccc2C)cc1[N+](=O)[O-]. The van der Waals surface area contributed by atoms with E-state index in [-0.39, 0.29) is 23.5 Å². The Bertz CT molecular complexity index is 838. The van der Waals surface area contributed by atoms with Crippen LogP contribution in [-0.4, -0.2) is 30.4 Å². The summed E-state index contributed by atoms with van der Waals surface area (Å²) in [7, 11) is 1.54. The van der Waals surface area contributed by atoms with E-state index in [0.29, 0.717) is 5.75 Å². The molecular weight excluding hydrogens is 340 g/mol. The third kappa shape index (κ3) is 4.69. The quantitative estimate of drug-likeness (QED) is 0.534. The zero-order chi connectivity index (χ0) is 19.1. The molecule has 0 bridgehead atoms. The van der Waals surface area contributed by atoms with Crippen LogP contribution in [0.25, 0.3) is 0 Å². The van der Waals surface area contributed by atoms with Crippen LogP contribution in [-0.2, 0) is 4.79 Å². The van der Waals surface area contributed by atoms with Gasteiger partial charge in [0.05, 0.1) is 4.92 Å². The van der Waals surface area contributed by atoms with Gasteiger partial charge in [0.15, 0.2) is 6.61 Å². The number of nitro benzene ring substituents is 1. The second-order valence-corrected chi connectivity index (χ2v) is 5.30. The molecule has 0 aliphatic carbocycles. The Hall–Kier alpha value is -3.62. The Balaban J connectivity index is 1.92. The number of ether oxygens (including phenoxy) is 1. The number of hydrogen-bond acceptors (Lipinski definition) is 6. The summed E-state index contributed by atoms with van der Waals surface area (Å²) in [6.07, 6.45) is 0. The van der Waals surface area contributed by atoms with E-state index in [4.69, 9.17) is 4.74 Å². The summed E-state index contributed by atoms with van der Waals surface area (Å²) in [4.78, 5) is 34.2. The van der Waals surface area contributed by atoms with Crippen molar-refractivity contribution in [1.29, 1.82) is 0 Å². The van der Waals surface area contributed by atoms with Gasteiger partial charge in [0.1, 0.15) is 11.4 Å². The molecule has 0 radical (unpaired) electrons. The molecule has 0 spiro atoms. The van der Waals surface area contributed by atoms with E-state index < -0.39 is 16.7 Å². The lowest BCUT2D eigenvalue weighted by molar-refractivity contribution is -0.384. The highest BCUT2D eigenvalue weighted by molar-refractivity contribution is 5.96. The van der Waals surface area contributed by atoms with Crippen LogP contribution >= 0.6 is 0 Å². The molecule has 0 aliphatic rings. The molecule has 0 heterocycles. The molecule has 26 heavy (non-hydrogen) atoms. The van der Waals surface area contributed by atoms with Gasteiger partial charge in [-0.25, -0.2) is 0 Å². The minimum absolute atomic E-state index is 0.0378. The Labute approximate surface area is 149 Å². The maximum Gasteiger partial charge on any atom is 0.293 e. The standard InChI is InChI=1S/C17H18N4O5/c1-11-5-3-4-6-15(11)26-10-16(22)19-20-17(23)12-7-8-13(18-2)14(9-12)21(24)25/h3-9,18H,10H2,1-2H3,(H,19,22)(H,20,23). The third-order valence-electron chi connectivity index (χ3n) is 3.49. The van der Waals surface area contributed by atoms with Gasteiger partial charge in [0.25, 0.3) is 17.5 Å². The molecule has 0 atom stereocenters. The molecule has 2 amide bonds. The summed E-state index contributed by atoms with van der Waals surface area (Å²) in [6, 6.07) is 11.1. The number of benzene rings is 2. The van der Waals surface area contributed by atoms with Crippen molar-refractivity contribution >= 4 is 23.2 Å². The number of amides is 2. The lowest BCUT2D eigenvalue weighted by atomic mass is 10.1. The number of carbonyl (C=O) groups is 2. The highest BCUT2D eigenvalue weighted by Gasteiger charge is 2.17. The number of hydrazine groups is 1. The molecular formula is C17H18N4O5. The number of nitrogens with zero attached hydrogens (tertiary/aromatic N) is 1. The zero-order valence-corrected chi connectivity index (χ0v) is 14.2. The molecule has 0 aliphatic heterocycles. The molecule has 0 unspecified atom stereocenters. The third-order valence-corrected chi connectivity index (χ3v) is 3.49. The summed E-state index contributed by atoms with van der Waals surface area (Å²) >= 11 is 0. The number of aryl methyl sites for hydroxylation is 1. The molecule has 3 N–H and O–H groups in total. The van der Waals surface area contributed by atoms with Crippen molar-refractivity contribution in [2.24, 2.45) is 0 Å². The minimum Gasteiger partial charge on any atom is -0.483 e. The van der Waals surface area contributed by atoms with Gasteiger partial charge >= 0.3 is 0 Å². The molecule has 9 heteroatoms. The topological polar surface area (TPSA) is 123 Å². The summed E-state index contributed by atoms with van der Waals surface area (Å²) < 4.78 is 5.36. The van der Waals surface area contributed by atoms with Crippen molar-refractivity contribution in [2.75, 3.05) is 19.0 Å². The number of anilines is 1. The predicted octanol–water partition coefficient (Wildman–Crippen LogP) is 1.78. The highest BCUT2D eigenvalue weighted by atomic mass is 16.6. The summed E-state index contributed by atoms with van der Waals surface area (Å²) in [5, 5.41) is 13.7. The minimum atomic E-state index is -0.681. The Morgan fingerprint density at radius 2 is 1.88 bits per heavy atom. The van der Waals surface area contributed by atoms with Gasteiger partial charge < -0.3 is 10.1 Å². The number of rotatable bonds is 6. The summed E-state index contributed by atoms with van der Waals surface area (Å²) in [5.41, 5.74) is 5.34. The molecule has 136 valence electrons. The first-order chi connectivity index (χ1) is 12.4. The van der Waals surface area contributed by atoms with Gasteiger partial charge in [-0.2, -0.15) is 0 Å². The predicted molar refractivity (Wildman–Crippen MR) is 94.9 cm³/mol. The van der Waals surface area contributed by atoms with E-state index in [9.17, 15) is 19.7 Å². The number of para-hydroxylation sites is 1. The second kappa shape index (κ2) is 8.47. The first-order valence-corrected chi connectivity index (χ1v) is 7.66. The number of carbonyl (C=O) groups excluding carboxylic acids is 2. The maximum atomic E-state index is 12.0. The van der Waals surface area contributed by atoms with Crippen molar-refractivity contribution in [3.8, 4) is 5.75 Å². The highest BCUT2D eigenvalue weighted by Crippen LogP contribution is 2.24. The smallest absolute Gasteiger partial charge is 0.293 e. The fraction of sp³-hybridized carbons (Fsp3) is 0.176. The van der Waals surface area contributed by atoms with Crippen molar-refractivity contribution in [3.05, 3.63) is 63.7 Å². The van der Waals surface area contributed by atoms with Crippen LogP contribution in [0.4, 0.5) is 11.4 Å². The van der Waals surface area contributed by atoms with E-state index in [1.807, 2.05) is 19.1 Å². The number of nitro groups is 1. The summed E-state index contributed by atoms with van der Waals surface area (Å²) in [5.74, 6) is -0.685. The van der Waals surface area contributed by atoms with E-state index in [2.05, 4.69) is 16.2 Å². The summed E-state index contributed by atoms with van der Waals surface area (Å²) in [6.45, 7) is 1.56. The van der Waals surface area contributed by atoms with Crippen LogP contribution in [0.5, 0.6) is 5.75 Å². The zero-order valence-electron chi connectivity index (χ0n) is 14.2. The van der Waals surface area contributed by atoms with Gasteiger partial charge in [-0.05, 0) is 30.7 Å². The van der Waals surface area contributed by atoms with E-state index in [1.54, 1.807) is 12.1 Å².